The summed E-state index contributed by atoms with van der Waals surface area (Å²) >= 11 is 0. The lowest BCUT2D eigenvalue weighted by molar-refractivity contribution is 0.363. The van der Waals surface area contributed by atoms with Gasteiger partial charge in [0.1, 0.15) is 0 Å². The maximum atomic E-state index is 10.9. The monoisotopic (exact) mass is 207 g/mol. The Morgan fingerprint density at radius 2 is 2.15 bits per heavy atom. The molecule has 2 atom stereocenters. The van der Waals surface area contributed by atoms with Crippen molar-refractivity contribution in [1.82, 2.24) is 15.4 Å². The smallest absolute Gasteiger partial charge is 0.208 e. The van der Waals surface area contributed by atoms with Crippen molar-refractivity contribution in [2.75, 3.05) is 25.9 Å². The Kier molecular flexibility index (Phi) is 3.66. The summed E-state index contributed by atoms with van der Waals surface area (Å²) < 4.78 is 24.4. The highest BCUT2D eigenvalue weighted by Gasteiger charge is 2.21. The molecule has 3 N–H and O–H groups in total. The third-order valence-corrected chi connectivity index (χ3v) is 2.88. The highest BCUT2D eigenvalue weighted by atomic mass is 32.2. The van der Waals surface area contributed by atoms with E-state index in [1.165, 1.54) is 6.26 Å². The molecule has 1 heterocycles. The molecule has 1 aliphatic heterocycles. The topological polar surface area (TPSA) is 70.2 Å². The third kappa shape index (κ3) is 4.04. The molecule has 6 heteroatoms. The number of piperazine rings is 1. The number of hydrogen-bond acceptors (Lipinski definition) is 4. The maximum Gasteiger partial charge on any atom is 0.208 e. The minimum absolute atomic E-state index is 0.0669. The van der Waals surface area contributed by atoms with Crippen LogP contribution in [-0.2, 0) is 10.0 Å². The minimum atomic E-state index is -3.09. The molecule has 1 fully saturated rings. The Bertz CT molecular complexity index is 246. The summed E-state index contributed by atoms with van der Waals surface area (Å²) in [5.74, 6) is 0. The van der Waals surface area contributed by atoms with E-state index >= 15 is 0 Å². The van der Waals surface area contributed by atoms with Gasteiger partial charge in [0.05, 0.1) is 6.26 Å². The van der Waals surface area contributed by atoms with Crippen LogP contribution in [0.2, 0.25) is 0 Å². The van der Waals surface area contributed by atoms with Gasteiger partial charge in [0.15, 0.2) is 0 Å². The molecule has 13 heavy (non-hydrogen) atoms. The van der Waals surface area contributed by atoms with Gasteiger partial charge in [-0.1, -0.05) is 0 Å². The van der Waals surface area contributed by atoms with Crippen LogP contribution in [0.3, 0.4) is 0 Å². The van der Waals surface area contributed by atoms with E-state index in [0.29, 0.717) is 0 Å². The van der Waals surface area contributed by atoms with Crippen molar-refractivity contribution in [3.8, 4) is 0 Å². The van der Waals surface area contributed by atoms with Gasteiger partial charge in [0.2, 0.25) is 10.0 Å². The van der Waals surface area contributed by atoms with E-state index in [4.69, 9.17) is 0 Å². The van der Waals surface area contributed by atoms with E-state index in [1.54, 1.807) is 0 Å². The van der Waals surface area contributed by atoms with Crippen LogP contribution >= 0.6 is 0 Å². The molecule has 2 unspecified atom stereocenters. The molecule has 1 saturated heterocycles. The molecular formula is C7H17N3O2S. The van der Waals surface area contributed by atoms with Gasteiger partial charge in [-0.05, 0) is 6.92 Å². The highest BCUT2D eigenvalue weighted by molar-refractivity contribution is 7.88. The zero-order chi connectivity index (χ0) is 9.90. The normalized spacial score (nSPS) is 27.1. The van der Waals surface area contributed by atoms with Crippen molar-refractivity contribution in [1.29, 1.82) is 0 Å². The summed E-state index contributed by atoms with van der Waals surface area (Å²) in [5.41, 5.74) is 0. The van der Waals surface area contributed by atoms with Crippen molar-refractivity contribution in [3.63, 3.8) is 0 Å². The van der Waals surface area contributed by atoms with Crippen LogP contribution in [0.25, 0.3) is 0 Å². The van der Waals surface area contributed by atoms with E-state index in [2.05, 4.69) is 15.4 Å². The molecule has 1 rings (SSSR count). The van der Waals surface area contributed by atoms with Crippen molar-refractivity contribution < 1.29 is 8.42 Å². The summed E-state index contributed by atoms with van der Waals surface area (Å²) in [7, 11) is -3.09. The molecule has 78 valence electrons. The fourth-order valence-electron chi connectivity index (χ4n) is 1.45. The summed E-state index contributed by atoms with van der Waals surface area (Å²) in [6.07, 6.45) is 1.18. The molecule has 0 spiro atoms. The molecule has 0 aliphatic carbocycles. The summed E-state index contributed by atoms with van der Waals surface area (Å²) in [6.45, 7) is 4.51. The van der Waals surface area contributed by atoms with Gasteiger partial charge in [-0.3, -0.25) is 0 Å². The summed E-state index contributed by atoms with van der Waals surface area (Å²) in [5, 5.41) is 6.46. The minimum Gasteiger partial charge on any atom is -0.314 e. The van der Waals surface area contributed by atoms with Gasteiger partial charge in [-0.25, -0.2) is 13.1 Å². The lowest BCUT2D eigenvalue weighted by Gasteiger charge is -2.29. The first-order chi connectivity index (χ1) is 5.99. The Balaban J connectivity index is 2.42. The van der Waals surface area contributed by atoms with Gasteiger partial charge in [-0.15, -0.1) is 0 Å². The average molecular weight is 207 g/mol. The van der Waals surface area contributed by atoms with Crippen LogP contribution in [0.4, 0.5) is 0 Å². The van der Waals surface area contributed by atoms with Crippen LogP contribution in [0.1, 0.15) is 6.92 Å². The van der Waals surface area contributed by atoms with Gasteiger partial charge in [0, 0.05) is 31.7 Å². The van der Waals surface area contributed by atoms with Crippen LogP contribution in [-0.4, -0.2) is 46.4 Å². The fourth-order valence-corrected chi connectivity index (χ4v) is 2.29. The number of hydrogen-bond donors (Lipinski definition) is 3. The second-order valence-corrected chi connectivity index (χ2v) is 5.22. The molecule has 5 nitrogen and oxygen atoms in total. The van der Waals surface area contributed by atoms with Crippen LogP contribution < -0.4 is 15.4 Å². The van der Waals surface area contributed by atoms with Gasteiger partial charge in [-0.2, -0.15) is 0 Å². The fraction of sp³-hybridized carbons (Fsp3) is 1.00. The van der Waals surface area contributed by atoms with Gasteiger partial charge >= 0.3 is 0 Å². The standard InChI is InChI=1S/C7H17N3O2S/c1-6(10-13(2,11)12)7-5-8-3-4-9-7/h6-10H,3-5H2,1-2H3. The molecule has 0 radical (unpaired) electrons. The molecule has 0 aromatic carbocycles. The van der Waals surface area contributed by atoms with Crippen molar-refractivity contribution in [2.24, 2.45) is 0 Å². The van der Waals surface area contributed by atoms with Crippen LogP contribution in [0, 0.1) is 0 Å². The average Bonchev–Trinajstić information content (AvgIpc) is 2.03. The lowest BCUT2D eigenvalue weighted by Crippen LogP contribution is -2.57. The predicted octanol–water partition coefficient (Wildman–Crippen LogP) is -1.51. The molecule has 0 bridgehead atoms. The Morgan fingerprint density at radius 3 is 2.62 bits per heavy atom. The van der Waals surface area contributed by atoms with Gasteiger partial charge < -0.3 is 10.6 Å². The number of rotatable bonds is 3. The molecule has 0 saturated carbocycles. The van der Waals surface area contributed by atoms with Crippen molar-refractivity contribution in [2.45, 2.75) is 19.0 Å². The van der Waals surface area contributed by atoms with E-state index < -0.39 is 10.0 Å². The second-order valence-electron chi connectivity index (χ2n) is 3.44. The van der Waals surface area contributed by atoms with Crippen LogP contribution in [0.5, 0.6) is 0 Å². The van der Waals surface area contributed by atoms with E-state index in [1.807, 2.05) is 6.92 Å². The summed E-state index contributed by atoms with van der Waals surface area (Å²) in [6, 6.07) is 0.117. The molecule has 1 aliphatic rings. The highest BCUT2D eigenvalue weighted by Crippen LogP contribution is 1.96. The Hall–Kier alpha value is -0.170. The van der Waals surface area contributed by atoms with Crippen molar-refractivity contribution in [3.05, 3.63) is 0 Å². The zero-order valence-electron chi connectivity index (χ0n) is 8.00. The largest absolute Gasteiger partial charge is 0.314 e. The van der Waals surface area contributed by atoms with Crippen LogP contribution in [0.15, 0.2) is 0 Å². The van der Waals surface area contributed by atoms with Gasteiger partial charge in [0.25, 0.3) is 0 Å². The predicted molar refractivity (Wildman–Crippen MR) is 52.1 cm³/mol. The molecule has 0 aromatic heterocycles. The van der Waals surface area contributed by atoms with E-state index in [-0.39, 0.29) is 12.1 Å². The van der Waals surface area contributed by atoms with E-state index in [9.17, 15) is 8.42 Å². The first-order valence-corrected chi connectivity index (χ1v) is 6.29. The first kappa shape index (κ1) is 10.9. The molecular weight excluding hydrogens is 190 g/mol. The maximum absolute atomic E-state index is 10.9. The number of sulfonamides is 1. The zero-order valence-corrected chi connectivity index (χ0v) is 8.82. The summed E-state index contributed by atoms with van der Waals surface area (Å²) in [4.78, 5) is 0. The third-order valence-electron chi connectivity index (χ3n) is 2.08. The Morgan fingerprint density at radius 1 is 1.46 bits per heavy atom. The Labute approximate surface area is 79.3 Å². The number of nitrogens with one attached hydrogen (secondary N) is 3. The quantitative estimate of drug-likeness (QED) is 0.526. The SMILES string of the molecule is CC(NS(C)(=O)=O)C1CNCCN1. The molecule has 0 amide bonds. The second kappa shape index (κ2) is 4.36. The van der Waals surface area contributed by atoms with E-state index in [0.717, 1.165) is 19.6 Å². The first-order valence-electron chi connectivity index (χ1n) is 4.40. The lowest BCUT2D eigenvalue weighted by atomic mass is 10.1. The van der Waals surface area contributed by atoms with Crippen molar-refractivity contribution >= 4 is 10.0 Å². The molecule has 0 aromatic rings.